The standard InChI is InChI=1S/C24H23ClN4O2S/c1-3-18-19(16-8-6-15(2)7-9-16)20-21(26-24(25)27-22(20)32-18)28-10-12-29(13-11-28)23(30)17-5-4-14-31-17/h4-9,14H,3,10-13H2,1-2H3. The van der Waals surface area contributed by atoms with Gasteiger partial charge in [-0.1, -0.05) is 36.8 Å². The molecule has 6 nitrogen and oxygen atoms in total. The number of hydrogen-bond donors (Lipinski definition) is 0. The number of amides is 1. The van der Waals surface area contributed by atoms with Gasteiger partial charge in [0.2, 0.25) is 5.28 Å². The van der Waals surface area contributed by atoms with Crippen molar-refractivity contribution in [1.82, 2.24) is 14.9 Å². The lowest BCUT2D eigenvalue weighted by molar-refractivity contribution is 0.0714. The number of hydrogen-bond acceptors (Lipinski definition) is 6. The van der Waals surface area contributed by atoms with Crippen LogP contribution in [0.1, 0.15) is 27.9 Å². The highest BCUT2D eigenvalue weighted by molar-refractivity contribution is 7.19. The van der Waals surface area contributed by atoms with Crippen LogP contribution in [0.3, 0.4) is 0 Å². The minimum absolute atomic E-state index is 0.0790. The first-order valence-corrected chi connectivity index (χ1v) is 11.9. The number of nitrogens with zero attached hydrogens (tertiary/aromatic N) is 4. The molecule has 1 fully saturated rings. The Hall–Kier alpha value is -2.90. The zero-order valence-electron chi connectivity index (χ0n) is 18.0. The summed E-state index contributed by atoms with van der Waals surface area (Å²) in [5, 5.41) is 1.30. The number of anilines is 1. The summed E-state index contributed by atoms with van der Waals surface area (Å²) in [6, 6.07) is 12.0. The van der Waals surface area contributed by atoms with Gasteiger partial charge < -0.3 is 14.2 Å². The Morgan fingerprint density at radius 1 is 1.12 bits per heavy atom. The number of furan rings is 1. The zero-order chi connectivity index (χ0) is 22.2. The first kappa shape index (κ1) is 21.0. The van der Waals surface area contributed by atoms with Crippen molar-refractivity contribution < 1.29 is 9.21 Å². The summed E-state index contributed by atoms with van der Waals surface area (Å²) < 4.78 is 5.28. The second-order valence-electron chi connectivity index (χ2n) is 7.87. The van der Waals surface area contributed by atoms with Crippen molar-refractivity contribution >= 4 is 44.9 Å². The van der Waals surface area contributed by atoms with Crippen molar-refractivity contribution in [3.63, 3.8) is 0 Å². The largest absolute Gasteiger partial charge is 0.459 e. The van der Waals surface area contributed by atoms with Crippen molar-refractivity contribution in [3.8, 4) is 11.1 Å². The van der Waals surface area contributed by atoms with Gasteiger partial charge in [-0.3, -0.25) is 4.79 Å². The highest BCUT2D eigenvalue weighted by Gasteiger charge is 2.28. The highest BCUT2D eigenvalue weighted by Crippen LogP contribution is 2.43. The van der Waals surface area contributed by atoms with E-state index in [-0.39, 0.29) is 11.2 Å². The lowest BCUT2D eigenvalue weighted by Crippen LogP contribution is -2.49. The lowest BCUT2D eigenvalue weighted by Gasteiger charge is -2.35. The average molecular weight is 467 g/mol. The van der Waals surface area contributed by atoms with E-state index in [2.05, 4.69) is 53.0 Å². The van der Waals surface area contributed by atoms with Crippen LogP contribution in [-0.4, -0.2) is 47.0 Å². The van der Waals surface area contributed by atoms with Crippen LogP contribution in [0.5, 0.6) is 0 Å². The van der Waals surface area contributed by atoms with Crippen molar-refractivity contribution in [1.29, 1.82) is 0 Å². The van der Waals surface area contributed by atoms with Crippen LogP contribution in [0, 0.1) is 6.92 Å². The molecule has 1 aromatic carbocycles. The molecule has 164 valence electrons. The highest BCUT2D eigenvalue weighted by atomic mass is 35.5. The van der Waals surface area contributed by atoms with Crippen LogP contribution in [0.25, 0.3) is 21.3 Å². The molecule has 0 aliphatic carbocycles. The molecule has 0 unspecified atom stereocenters. The molecule has 4 aromatic rings. The van der Waals surface area contributed by atoms with Gasteiger partial charge in [-0.2, -0.15) is 4.98 Å². The second kappa shape index (κ2) is 8.56. The molecule has 1 aliphatic heterocycles. The van der Waals surface area contributed by atoms with Gasteiger partial charge in [0.25, 0.3) is 5.91 Å². The summed E-state index contributed by atoms with van der Waals surface area (Å²) in [5.41, 5.74) is 3.58. The fraction of sp³-hybridized carbons (Fsp3) is 0.292. The summed E-state index contributed by atoms with van der Waals surface area (Å²) in [4.78, 5) is 28.1. The normalized spacial score (nSPS) is 14.3. The molecule has 32 heavy (non-hydrogen) atoms. The van der Waals surface area contributed by atoms with Gasteiger partial charge in [0.15, 0.2) is 5.76 Å². The van der Waals surface area contributed by atoms with E-state index in [0.29, 0.717) is 31.9 Å². The van der Waals surface area contributed by atoms with E-state index < -0.39 is 0 Å². The quantitative estimate of drug-likeness (QED) is 0.375. The summed E-state index contributed by atoms with van der Waals surface area (Å²) in [5.74, 6) is 1.14. The smallest absolute Gasteiger partial charge is 0.289 e. The molecular formula is C24H23ClN4O2S. The molecule has 0 spiro atoms. The Morgan fingerprint density at radius 3 is 2.53 bits per heavy atom. The van der Waals surface area contributed by atoms with Gasteiger partial charge in [-0.15, -0.1) is 11.3 Å². The third-order valence-corrected chi connectivity index (χ3v) is 7.23. The monoisotopic (exact) mass is 466 g/mol. The number of carbonyl (C=O) groups excluding carboxylic acids is 1. The fourth-order valence-corrected chi connectivity index (χ4v) is 5.53. The predicted octanol–water partition coefficient (Wildman–Crippen LogP) is 5.44. The predicted molar refractivity (Wildman–Crippen MR) is 129 cm³/mol. The van der Waals surface area contributed by atoms with E-state index in [1.165, 1.54) is 22.3 Å². The third kappa shape index (κ3) is 3.76. The number of thiophene rings is 1. The number of benzene rings is 1. The Morgan fingerprint density at radius 2 is 1.88 bits per heavy atom. The molecule has 0 radical (unpaired) electrons. The van der Waals surface area contributed by atoms with E-state index in [4.69, 9.17) is 16.0 Å². The van der Waals surface area contributed by atoms with Crippen LogP contribution in [0.15, 0.2) is 47.1 Å². The minimum atomic E-state index is -0.0790. The molecule has 0 atom stereocenters. The maximum atomic E-state index is 12.6. The number of aryl methyl sites for hydroxylation is 2. The zero-order valence-corrected chi connectivity index (χ0v) is 19.5. The summed E-state index contributed by atoms with van der Waals surface area (Å²) >= 11 is 8.02. The molecule has 5 rings (SSSR count). The van der Waals surface area contributed by atoms with Crippen LogP contribution >= 0.6 is 22.9 Å². The Balaban J connectivity index is 1.52. The second-order valence-corrected chi connectivity index (χ2v) is 9.29. The average Bonchev–Trinajstić information content (AvgIpc) is 3.47. The number of fused-ring (bicyclic) bond motifs is 1. The van der Waals surface area contributed by atoms with E-state index in [9.17, 15) is 4.79 Å². The molecule has 3 aromatic heterocycles. The van der Waals surface area contributed by atoms with Gasteiger partial charge in [0.1, 0.15) is 10.6 Å². The van der Waals surface area contributed by atoms with E-state index >= 15 is 0 Å². The summed E-state index contributed by atoms with van der Waals surface area (Å²) in [7, 11) is 0. The first-order chi connectivity index (χ1) is 15.5. The maximum Gasteiger partial charge on any atom is 0.289 e. The summed E-state index contributed by atoms with van der Waals surface area (Å²) in [6.07, 6.45) is 2.43. The molecule has 0 saturated carbocycles. The topological polar surface area (TPSA) is 62.5 Å². The van der Waals surface area contributed by atoms with E-state index in [1.807, 2.05) is 4.90 Å². The summed E-state index contributed by atoms with van der Waals surface area (Å²) in [6.45, 7) is 6.77. The molecule has 1 aliphatic rings. The van der Waals surface area contributed by atoms with Gasteiger partial charge in [0, 0.05) is 36.6 Å². The van der Waals surface area contributed by atoms with E-state index in [0.717, 1.165) is 28.0 Å². The number of rotatable bonds is 4. The maximum absolute atomic E-state index is 12.6. The number of carbonyl (C=O) groups is 1. The molecule has 4 heterocycles. The fourth-order valence-electron chi connectivity index (χ4n) is 4.18. The van der Waals surface area contributed by atoms with Gasteiger partial charge in [-0.25, -0.2) is 4.98 Å². The van der Waals surface area contributed by atoms with Crippen molar-refractivity contribution in [3.05, 3.63) is 64.1 Å². The Labute approximate surface area is 195 Å². The lowest BCUT2D eigenvalue weighted by atomic mass is 10.0. The van der Waals surface area contributed by atoms with Crippen molar-refractivity contribution in [2.45, 2.75) is 20.3 Å². The Kier molecular flexibility index (Phi) is 5.61. The van der Waals surface area contributed by atoms with Gasteiger partial charge >= 0.3 is 0 Å². The van der Waals surface area contributed by atoms with Crippen LogP contribution in [0.4, 0.5) is 5.82 Å². The minimum Gasteiger partial charge on any atom is -0.459 e. The van der Waals surface area contributed by atoms with Gasteiger partial charge in [0.05, 0.1) is 11.6 Å². The first-order valence-electron chi connectivity index (χ1n) is 10.7. The van der Waals surface area contributed by atoms with E-state index in [1.54, 1.807) is 23.5 Å². The molecule has 0 bridgehead atoms. The third-order valence-electron chi connectivity index (χ3n) is 5.84. The SMILES string of the molecule is CCc1sc2nc(Cl)nc(N3CCN(C(=O)c4ccco4)CC3)c2c1-c1ccc(C)cc1. The van der Waals surface area contributed by atoms with Crippen LogP contribution in [0.2, 0.25) is 5.28 Å². The van der Waals surface area contributed by atoms with Crippen molar-refractivity contribution in [2.75, 3.05) is 31.1 Å². The molecular weight excluding hydrogens is 444 g/mol. The molecule has 8 heteroatoms. The van der Waals surface area contributed by atoms with Crippen molar-refractivity contribution in [2.24, 2.45) is 0 Å². The van der Waals surface area contributed by atoms with Crippen LogP contribution in [-0.2, 0) is 6.42 Å². The Bertz CT molecular complexity index is 1260. The molecule has 0 N–H and O–H groups in total. The van der Waals surface area contributed by atoms with Crippen LogP contribution < -0.4 is 4.90 Å². The van der Waals surface area contributed by atoms with Gasteiger partial charge in [-0.05, 0) is 42.6 Å². The molecule has 1 amide bonds. The molecule has 1 saturated heterocycles. The number of aromatic nitrogens is 2. The number of piperazine rings is 1. The number of halogens is 1.